The van der Waals surface area contributed by atoms with Crippen molar-refractivity contribution in [3.05, 3.63) is 24.3 Å². The standard InChI is InChI=1S/C12H18N2O3/c1-2-7-16-9-3-5-10(6-4-9)17-8-11(13)12(14)15/h3-6,11H,2,7-8,13H2,1H3,(H2,14,15). The van der Waals surface area contributed by atoms with Crippen molar-refractivity contribution in [2.24, 2.45) is 11.5 Å². The van der Waals surface area contributed by atoms with Crippen LogP contribution in [0.5, 0.6) is 11.5 Å². The number of hydrogen-bond donors (Lipinski definition) is 2. The molecule has 0 aromatic heterocycles. The second-order valence-corrected chi connectivity index (χ2v) is 3.64. The van der Waals surface area contributed by atoms with Gasteiger partial charge >= 0.3 is 0 Å². The van der Waals surface area contributed by atoms with E-state index >= 15 is 0 Å². The Balaban J connectivity index is 2.42. The van der Waals surface area contributed by atoms with E-state index < -0.39 is 11.9 Å². The van der Waals surface area contributed by atoms with Gasteiger partial charge in [0.2, 0.25) is 5.91 Å². The third-order valence-electron chi connectivity index (χ3n) is 2.09. The fourth-order valence-corrected chi connectivity index (χ4v) is 1.12. The molecular weight excluding hydrogens is 220 g/mol. The zero-order chi connectivity index (χ0) is 12.7. The Hall–Kier alpha value is -1.75. The fraction of sp³-hybridized carbons (Fsp3) is 0.417. The second kappa shape index (κ2) is 6.75. The molecule has 17 heavy (non-hydrogen) atoms. The number of ether oxygens (including phenoxy) is 2. The molecule has 5 nitrogen and oxygen atoms in total. The molecular formula is C12H18N2O3. The maximum atomic E-state index is 10.7. The summed E-state index contributed by atoms with van der Waals surface area (Å²) >= 11 is 0. The van der Waals surface area contributed by atoms with Crippen LogP contribution in [0, 0.1) is 0 Å². The van der Waals surface area contributed by atoms with Gasteiger partial charge in [-0.05, 0) is 30.7 Å². The number of benzene rings is 1. The molecule has 0 radical (unpaired) electrons. The van der Waals surface area contributed by atoms with Crippen molar-refractivity contribution in [1.29, 1.82) is 0 Å². The Morgan fingerprint density at radius 1 is 1.24 bits per heavy atom. The third kappa shape index (κ3) is 4.74. The van der Waals surface area contributed by atoms with Gasteiger partial charge in [0.05, 0.1) is 6.61 Å². The van der Waals surface area contributed by atoms with Crippen LogP contribution in [-0.4, -0.2) is 25.2 Å². The summed E-state index contributed by atoms with van der Waals surface area (Å²) in [5.41, 5.74) is 10.5. The van der Waals surface area contributed by atoms with Gasteiger partial charge in [-0.2, -0.15) is 0 Å². The minimum absolute atomic E-state index is 0.0739. The van der Waals surface area contributed by atoms with Crippen molar-refractivity contribution in [2.45, 2.75) is 19.4 Å². The van der Waals surface area contributed by atoms with E-state index in [1.165, 1.54) is 0 Å². The van der Waals surface area contributed by atoms with Gasteiger partial charge < -0.3 is 20.9 Å². The van der Waals surface area contributed by atoms with Crippen LogP contribution in [0.4, 0.5) is 0 Å². The number of rotatable bonds is 7. The molecule has 5 heteroatoms. The highest BCUT2D eigenvalue weighted by atomic mass is 16.5. The molecule has 0 aliphatic heterocycles. The molecule has 0 aliphatic carbocycles. The molecule has 0 saturated heterocycles. The molecule has 1 aromatic rings. The van der Waals surface area contributed by atoms with Crippen LogP contribution in [-0.2, 0) is 4.79 Å². The first kappa shape index (κ1) is 13.3. The Morgan fingerprint density at radius 2 is 1.76 bits per heavy atom. The summed E-state index contributed by atoms with van der Waals surface area (Å²) in [5, 5.41) is 0. The molecule has 1 aromatic carbocycles. The molecule has 0 fully saturated rings. The zero-order valence-corrected chi connectivity index (χ0v) is 9.89. The monoisotopic (exact) mass is 238 g/mol. The fourth-order valence-electron chi connectivity index (χ4n) is 1.12. The average molecular weight is 238 g/mol. The first-order chi connectivity index (χ1) is 8.13. The maximum Gasteiger partial charge on any atom is 0.237 e. The van der Waals surface area contributed by atoms with Crippen molar-refractivity contribution >= 4 is 5.91 Å². The van der Waals surface area contributed by atoms with Crippen molar-refractivity contribution in [1.82, 2.24) is 0 Å². The number of carbonyl (C=O) groups is 1. The number of hydrogen-bond acceptors (Lipinski definition) is 4. The van der Waals surface area contributed by atoms with Crippen molar-refractivity contribution < 1.29 is 14.3 Å². The Labute approximate surface area is 101 Å². The number of amides is 1. The maximum absolute atomic E-state index is 10.7. The average Bonchev–Trinajstić information content (AvgIpc) is 2.34. The van der Waals surface area contributed by atoms with Crippen LogP contribution in [0.1, 0.15) is 13.3 Å². The van der Waals surface area contributed by atoms with Crippen LogP contribution >= 0.6 is 0 Å². The minimum atomic E-state index is -0.786. The topological polar surface area (TPSA) is 87.6 Å². The highest BCUT2D eigenvalue weighted by Gasteiger charge is 2.09. The SMILES string of the molecule is CCCOc1ccc(OCC(N)C(N)=O)cc1. The third-order valence-corrected chi connectivity index (χ3v) is 2.09. The van der Waals surface area contributed by atoms with E-state index in [4.69, 9.17) is 20.9 Å². The van der Waals surface area contributed by atoms with Crippen molar-refractivity contribution in [3.8, 4) is 11.5 Å². The summed E-state index contributed by atoms with van der Waals surface area (Å²) in [6.45, 7) is 2.81. The highest BCUT2D eigenvalue weighted by molar-refractivity contribution is 5.79. The summed E-state index contributed by atoms with van der Waals surface area (Å²) < 4.78 is 10.7. The van der Waals surface area contributed by atoms with Crippen LogP contribution < -0.4 is 20.9 Å². The van der Waals surface area contributed by atoms with Gasteiger partial charge in [-0.1, -0.05) is 6.92 Å². The van der Waals surface area contributed by atoms with Crippen molar-refractivity contribution in [2.75, 3.05) is 13.2 Å². The summed E-state index contributed by atoms with van der Waals surface area (Å²) in [4.78, 5) is 10.7. The molecule has 4 N–H and O–H groups in total. The lowest BCUT2D eigenvalue weighted by Gasteiger charge is -2.10. The van der Waals surface area contributed by atoms with Crippen LogP contribution in [0.15, 0.2) is 24.3 Å². The van der Waals surface area contributed by atoms with Gasteiger partial charge in [0.25, 0.3) is 0 Å². The molecule has 0 aliphatic rings. The predicted molar refractivity (Wildman–Crippen MR) is 64.9 cm³/mol. The number of primary amides is 1. The quantitative estimate of drug-likeness (QED) is 0.730. The summed E-state index contributed by atoms with van der Waals surface area (Å²) in [5.74, 6) is 0.844. The second-order valence-electron chi connectivity index (χ2n) is 3.64. The van der Waals surface area contributed by atoms with E-state index in [0.29, 0.717) is 12.4 Å². The first-order valence-electron chi connectivity index (χ1n) is 5.54. The lowest BCUT2D eigenvalue weighted by molar-refractivity contribution is -0.119. The van der Waals surface area contributed by atoms with E-state index in [0.717, 1.165) is 12.2 Å². The zero-order valence-electron chi connectivity index (χ0n) is 9.89. The van der Waals surface area contributed by atoms with E-state index in [2.05, 4.69) is 0 Å². The molecule has 1 atom stereocenters. The van der Waals surface area contributed by atoms with Gasteiger partial charge in [0, 0.05) is 0 Å². The summed E-state index contributed by atoms with van der Waals surface area (Å²) in [7, 11) is 0. The molecule has 94 valence electrons. The van der Waals surface area contributed by atoms with Gasteiger partial charge in [-0.25, -0.2) is 0 Å². The number of nitrogens with two attached hydrogens (primary N) is 2. The van der Waals surface area contributed by atoms with E-state index in [1.807, 2.05) is 6.92 Å². The molecule has 1 amide bonds. The van der Waals surface area contributed by atoms with Crippen molar-refractivity contribution in [3.63, 3.8) is 0 Å². The van der Waals surface area contributed by atoms with Gasteiger partial charge in [0.15, 0.2) is 0 Å². The minimum Gasteiger partial charge on any atom is -0.494 e. The Morgan fingerprint density at radius 3 is 2.24 bits per heavy atom. The summed E-state index contributed by atoms with van der Waals surface area (Å²) in [6, 6.07) is 6.35. The lowest BCUT2D eigenvalue weighted by atomic mass is 10.3. The molecule has 1 unspecified atom stereocenters. The summed E-state index contributed by atoms with van der Waals surface area (Å²) in [6.07, 6.45) is 0.964. The van der Waals surface area contributed by atoms with E-state index in [-0.39, 0.29) is 6.61 Å². The smallest absolute Gasteiger partial charge is 0.237 e. The van der Waals surface area contributed by atoms with Crippen LogP contribution in [0.2, 0.25) is 0 Å². The molecule has 0 bridgehead atoms. The van der Waals surface area contributed by atoms with Gasteiger partial charge in [0.1, 0.15) is 24.1 Å². The lowest BCUT2D eigenvalue weighted by Crippen LogP contribution is -2.41. The molecule has 0 heterocycles. The molecule has 1 rings (SSSR count). The van der Waals surface area contributed by atoms with Gasteiger partial charge in [-0.15, -0.1) is 0 Å². The normalized spacial score (nSPS) is 11.9. The number of carbonyl (C=O) groups excluding carboxylic acids is 1. The Bertz CT molecular complexity index is 351. The van der Waals surface area contributed by atoms with Crippen LogP contribution in [0.3, 0.4) is 0 Å². The molecule has 0 spiro atoms. The largest absolute Gasteiger partial charge is 0.494 e. The Kier molecular flexibility index (Phi) is 5.29. The highest BCUT2D eigenvalue weighted by Crippen LogP contribution is 2.17. The predicted octanol–water partition coefficient (Wildman–Crippen LogP) is 0.667. The van der Waals surface area contributed by atoms with E-state index in [1.54, 1.807) is 24.3 Å². The van der Waals surface area contributed by atoms with E-state index in [9.17, 15) is 4.79 Å². The van der Waals surface area contributed by atoms with Gasteiger partial charge in [-0.3, -0.25) is 4.79 Å². The van der Waals surface area contributed by atoms with Crippen LogP contribution in [0.25, 0.3) is 0 Å². The first-order valence-corrected chi connectivity index (χ1v) is 5.54. The molecule has 0 saturated carbocycles.